The summed E-state index contributed by atoms with van der Waals surface area (Å²) in [5.41, 5.74) is 0. The zero-order valence-electron chi connectivity index (χ0n) is 8.96. The Bertz CT molecular complexity index is 102. The van der Waals surface area contributed by atoms with Crippen LogP contribution in [0.15, 0.2) is 0 Å². The van der Waals surface area contributed by atoms with Crippen LogP contribution in [0, 0.1) is 5.92 Å². The Hall–Kier alpha value is -0.0800. The molecule has 2 nitrogen and oxygen atoms in total. The monoisotopic (exact) mass is 174 g/mol. The molecule has 0 aliphatic carbocycles. The van der Waals surface area contributed by atoms with Crippen molar-refractivity contribution >= 4 is 0 Å². The van der Waals surface area contributed by atoms with E-state index >= 15 is 0 Å². The molecule has 74 valence electrons. The highest BCUT2D eigenvalue weighted by atomic mass is 16.7. The normalized spacial score (nSPS) is 16.5. The highest BCUT2D eigenvalue weighted by Gasteiger charge is 2.15. The summed E-state index contributed by atoms with van der Waals surface area (Å²) >= 11 is 0. The van der Waals surface area contributed by atoms with Gasteiger partial charge in [-0.1, -0.05) is 20.8 Å². The molecule has 12 heavy (non-hydrogen) atoms. The first-order chi connectivity index (χ1) is 5.61. The third-order valence-corrected chi connectivity index (χ3v) is 1.82. The van der Waals surface area contributed by atoms with Gasteiger partial charge in [0.2, 0.25) is 0 Å². The van der Waals surface area contributed by atoms with Crippen LogP contribution in [-0.2, 0) is 9.47 Å². The first-order valence-electron chi connectivity index (χ1n) is 4.88. The second kappa shape index (κ2) is 6.44. The molecule has 2 heteroatoms. The van der Waals surface area contributed by atoms with E-state index in [2.05, 4.69) is 27.7 Å². The average molecular weight is 174 g/mol. The van der Waals surface area contributed by atoms with Crippen LogP contribution >= 0.6 is 0 Å². The van der Waals surface area contributed by atoms with Crippen LogP contribution in [0.5, 0.6) is 0 Å². The van der Waals surface area contributed by atoms with Crippen molar-refractivity contribution in [3.05, 3.63) is 0 Å². The fourth-order valence-corrected chi connectivity index (χ4v) is 0.878. The topological polar surface area (TPSA) is 18.5 Å². The maximum atomic E-state index is 5.68. The maximum Gasteiger partial charge on any atom is 0.160 e. The van der Waals surface area contributed by atoms with Crippen molar-refractivity contribution in [1.82, 2.24) is 0 Å². The number of ether oxygens (including phenoxy) is 2. The van der Waals surface area contributed by atoms with Crippen molar-refractivity contribution in [2.75, 3.05) is 6.61 Å². The lowest BCUT2D eigenvalue weighted by Crippen LogP contribution is -2.27. The summed E-state index contributed by atoms with van der Waals surface area (Å²) in [4.78, 5) is 0. The average Bonchev–Trinajstić information content (AvgIpc) is 2.03. The Morgan fingerprint density at radius 3 is 2.00 bits per heavy atom. The maximum absolute atomic E-state index is 5.68. The molecule has 0 saturated carbocycles. The molecule has 0 fully saturated rings. The van der Waals surface area contributed by atoms with E-state index in [1.807, 2.05) is 6.92 Å². The van der Waals surface area contributed by atoms with Crippen molar-refractivity contribution in [2.24, 2.45) is 5.92 Å². The molecule has 0 heterocycles. The minimum absolute atomic E-state index is 0.0371. The van der Waals surface area contributed by atoms with Crippen LogP contribution < -0.4 is 0 Å². The van der Waals surface area contributed by atoms with Crippen molar-refractivity contribution in [3.63, 3.8) is 0 Å². The highest BCUT2D eigenvalue weighted by molar-refractivity contribution is 4.54. The molecule has 0 N–H and O–H groups in total. The van der Waals surface area contributed by atoms with Gasteiger partial charge in [-0.25, -0.2) is 0 Å². The Labute approximate surface area is 76.3 Å². The number of hydrogen-bond acceptors (Lipinski definition) is 2. The quantitative estimate of drug-likeness (QED) is 0.576. The van der Waals surface area contributed by atoms with E-state index in [1.165, 1.54) is 0 Å². The molecule has 0 amide bonds. The molecule has 0 aliphatic rings. The van der Waals surface area contributed by atoms with Gasteiger partial charge >= 0.3 is 0 Å². The van der Waals surface area contributed by atoms with E-state index in [9.17, 15) is 0 Å². The van der Waals surface area contributed by atoms with Gasteiger partial charge in [0.1, 0.15) is 0 Å². The van der Waals surface area contributed by atoms with Gasteiger partial charge < -0.3 is 9.47 Å². The molecule has 0 saturated heterocycles. The largest absolute Gasteiger partial charge is 0.353 e. The Morgan fingerprint density at radius 1 is 1.08 bits per heavy atom. The summed E-state index contributed by atoms with van der Waals surface area (Å²) in [5.74, 6) is 0.430. The molecule has 0 rings (SSSR count). The molecular weight excluding hydrogens is 152 g/mol. The van der Waals surface area contributed by atoms with Gasteiger partial charge in [0.25, 0.3) is 0 Å². The van der Waals surface area contributed by atoms with Crippen LogP contribution in [0.1, 0.15) is 41.0 Å². The van der Waals surface area contributed by atoms with E-state index in [1.54, 1.807) is 0 Å². The summed E-state index contributed by atoms with van der Waals surface area (Å²) in [5, 5.41) is 0. The van der Waals surface area contributed by atoms with Gasteiger partial charge in [-0.15, -0.1) is 0 Å². The van der Waals surface area contributed by atoms with Gasteiger partial charge in [0.05, 0.1) is 6.10 Å². The predicted molar refractivity (Wildman–Crippen MR) is 51.1 cm³/mol. The second-order valence-corrected chi connectivity index (χ2v) is 3.42. The number of rotatable bonds is 6. The van der Waals surface area contributed by atoms with Crippen LogP contribution in [0.3, 0.4) is 0 Å². The molecule has 0 aliphatic heterocycles. The van der Waals surface area contributed by atoms with Crippen molar-refractivity contribution in [3.8, 4) is 0 Å². The standard InChI is InChI=1S/C10H22O2/c1-6-9(5)12-10(8(3)4)11-7-2/h8-10H,6-7H2,1-5H3. The summed E-state index contributed by atoms with van der Waals surface area (Å²) < 4.78 is 11.1. The second-order valence-electron chi connectivity index (χ2n) is 3.42. The van der Waals surface area contributed by atoms with Crippen molar-refractivity contribution in [2.45, 2.75) is 53.4 Å². The Kier molecular flexibility index (Phi) is 6.39. The lowest BCUT2D eigenvalue weighted by molar-refractivity contribution is -0.186. The van der Waals surface area contributed by atoms with E-state index < -0.39 is 0 Å². The smallest absolute Gasteiger partial charge is 0.160 e. The van der Waals surface area contributed by atoms with Crippen LogP contribution in [-0.4, -0.2) is 19.0 Å². The fourth-order valence-electron chi connectivity index (χ4n) is 0.878. The molecular formula is C10H22O2. The molecule has 0 aromatic rings. The Morgan fingerprint density at radius 2 is 1.67 bits per heavy atom. The van der Waals surface area contributed by atoms with Gasteiger partial charge in [-0.05, 0) is 20.3 Å². The van der Waals surface area contributed by atoms with Crippen molar-refractivity contribution in [1.29, 1.82) is 0 Å². The fraction of sp³-hybridized carbons (Fsp3) is 1.00. The predicted octanol–water partition coefficient (Wildman–Crippen LogP) is 2.82. The molecule has 0 aromatic carbocycles. The van der Waals surface area contributed by atoms with Crippen LogP contribution in [0.4, 0.5) is 0 Å². The summed E-state index contributed by atoms with van der Waals surface area (Å²) in [6.07, 6.45) is 1.30. The third-order valence-electron chi connectivity index (χ3n) is 1.82. The molecule has 0 aromatic heterocycles. The minimum atomic E-state index is -0.0371. The lowest BCUT2D eigenvalue weighted by atomic mass is 10.2. The molecule has 0 spiro atoms. The van der Waals surface area contributed by atoms with Crippen LogP contribution in [0.25, 0.3) is 0 Å². The summed E-state index contributed by atoms with van der Waals surface area (Å²) in [7, 11) is 0. The van der Waals surface area contributed by atoms with Crippen molar-refractivity contribution < 1.29 is 9.47 Å². The van der Waals surface area contributed by atoms with Gasteiger partial charge in [0, 0.05) is 12.5 Å². The summed E-state index contributed by atoms with van der Waals surface area (Å²) in [6, 6.07) is 0. The highest BCUT2D eigenvalue weighted by Crippen LogP contribution is 2.12. The first kappa shape index (κ1) is 11.9. The zero-order valence-corrected chi connectivity index (χ0v) is 8.96. The zero-order chi connectivity index (χ0) is 9.56. The van der Waals surface area contributed by atoms with E-state index in [0.29, 0.717) is 12.0 Å². The Balaban J connectivity index is 3.77. The van der Waals surface area contributed by atoms with E-state index in [0.717, 1.165) is 13.0 Å². The van der Waals surface area contributed by atoms with E-state index in [4.69, 9.17) is 9.47 Å². The summed E-state index contributed by atoms with van der Waals surface area (Å²) in [6.45, 7) is 11.1. The van der Waals surface area contributed by atoms with Gasteiger partial charge in [0.15, 0.2) is 6.29 Å². The van der Waals surface area contributed by atoms with E-state index in [-0.39, 0.29) is 6.29 Å². The molecule has 0 bridgehead atoms. The lowest BCUT2D eigenvalue weighted by Gasteiger charge is -2.24. The molecule has 2 unspecified atom stereocenters. The SMILES string of the molecule is CCOC(OC(C)CC)C(C)C. The van der Waals surface area contributed by atoms with Gasteiger partial charge in [-0.2, -0.15) is 0 Å². The minimum Gasteiger partial charge on any atom is -0.353 e. The first-order valence-corrected chi connectivity index (χ1v) is 4.88. The van der Waals surface area contributed by atoms with Crippen LogP contribution in [0.2, 0.25) is 0 Å². The third kappa shape index (κ3) is 4.73. The molecule has 0 radical (unpaired) electrons. The number of hydrogen-bond donors (Lipinski definition) is 0. The van der Waals surface area contributed by atoms with Gasteiger partial charge in [-0.3, -0.25) is 0 Å². The molecule has 2 atom stereocenters.